The molecule has 1 aromatic carbocycles. The van der Waals surface area contributed by atoms with Gasteiger partial charge in [0.05, 0.1) is 11.2 Å². The molecule has 0 fully saturated rings. The lowest BCUT2D eigenvalue weighted by Gasteiger charge is -2.41. The molecule has 116 valence electrons. The number of nitrogens with zero attached hydrogens (tertiary/aromatic N) is 2. The zero-order valence-corrected chi connectivity index (χ0v) is 14.1. The van der Waals surface area contributed by atoms with Crippen molar-refractivity contribution in [1.82, 2.24) is 10.3 Å². The van der Waals surface area contributed by atoms with Gasteiger partial charge in [-0.1, -0.05) is 18.2 Å². The highest BCUT2D eigenvalue weighted by molar-refractivity contribution is 7.18. The molecule has 1 amide bonds. The van der Waals surface area contributed by atoms with E-state index in [2.05, 4.69) is 27.3 Å². The molecule has 2 aromatic heterocycles. The van der Waals surface area contributed by atoms with Gasteiger partial charge in [-0.3, -0.25) is 9.78 Å². The van der Waals surface area contributed by atoms with Crippen LogP contribution in [0.25, 0.3) is 21.3 Å². The molecule has 4 nitrogen and oxygen atoms in total. The number of rotatable bonds is 1. The molecule has 1 aliphatic heterocycles. The summed E-state index contributed by atoms with van der Waals surface area (Å²) in [4.78, 5) is 20.8. The van der Waals surface area contributed by atoms with Crippen LogP contribution in [0.15, 0.2) is 42.6 Å². The first-order valence-electron chi connectivity index (χ1n) is 7.52. The van der Waals surface area contributed by atoms with E-state index in [9.17, 15) is 4.79 Å². The summed E-state index contributed by atoms with van der Waals surface area (Å²) in [5.74, 6) is -0.00212. The van der Waals surface area contributed by atoms with E-state index in [4.69, 9.17) is 0 Å². The van der Waals surface area contributed by atoms with Crippen LogP contribution in [0, 0.1) is 0 Å². The van der Waals surface area contributed by atoms with E-state index in [-0.39, 0.29) is 11.6 Å². The Bertz CT molecular complexity index is 924. The standard InChI is InChI=1S/C18H17N3OS/c1-18(2)20-17(22)16-14(21(18)3)10-15(23-16)12-8-9-19-13-7-5-4-6-11(12)13/h4-10H,1-3H3,(H,20,22). The maximum atomic E-state index is 12.4. The zero-order chi connectivity index (χ0) is 16.2. The Labute approximate surface area is 138 Å². The Hall–Kier alpha value is -2.40. The summed E-state index contributed by atoms with van der Waals surface area (Å²) in [6.45, 7) is 4.01. The highest BCUT2D eigenvalue weighted by Crippen LogP contribution is 2.42. The van der Waals surface area contributed by atoms with Crippen molar-refractivity contribution >= 4 is 33.8 Å². The molecule has 0 aliphatic carbocycles. The zero-order valence-electron chi connectivity index (χ0n) is 13.3. The van der Waals surface area contributed by atoms with E-state index < -0.39 is 0 Å². The molecule has 0 unspecified atom stereocenters. The molecule has 4 rings (SSSR count). The molecule has 3 heterocycles. The molecule has 0 saturated heterocycles. The van der Waals surface area contributed by atoms with Crippen molar-refractivity contribution in [3.05, 3.63) is 47.5 Å². The monoisotopic (exact) mass is 323 g/mol. The van der Waals surface area contributed by atoms with Crippen LogP contribution < -0.4 is 10.2 Å². The van der Waals surface area contributed by atoms with E-state index in [0.717, 1.165) is 31.9 Å². The SMILES string of the molecule is CN1c2cc(-c3ccnc4ccccc34)sc2C(=O)NC1(C)C. The van der Waals surface area contributed by atoms with E-state index in [1.807, 2.05) is 51.4 Å². The fourth-order valence-corrected chi connectivity index (χ4v) is 4.08. The lowest BCUT2D eigenvalue weighted by molar-refractivity contribution is 0.0905. The van der Waals surface area contributed by atoms with Crippen molar-refractivity contribution < 1.29 is 4.79 Å². The third-order valence-corrected chi connectivity index (χ3v) is 5.61. The molecule has 0 atom stereocenters. The van der Waals surface area contributed by atoms with E-state index in [0.29, 0.717) is 0 Å². The minimum atomic E-state index is -0.386. The van der Waals surface area contributed by atoms with Gasteiger partial charge >= 0.3 is 0 Å². The summed E-state index contributed by atoms with van der Waals surface area (Å²) < 4.78 is 0. The number of benzene rings is 1. The number of carbonyl (C=O) groups is 1. The third kappa shape index (κ3) is 2.11. The maximum absolute atomic E-state index is 12.4. The van der Waals surface area contributed by atoms with Crippen molar-refractivity contribution in [2.75, 3.05) is 11.9 Å². The van der Waals surface area contributed by atoms with Gasteiger partial charge in [0.2, 0.25) is 0 Å². The minimum Gasteiger partial charge on any atom is -0.351 e. The number of aromatic nitrogens is 1. The van der Waals surface area contributed by atoms with Gasteiger partial charge < -0.3 is 10.2 Å². The van der Waals surface area contributed by atoms with Crippen molar-refractivity contribution in [1.29, 1.82) is 0 Å². The summed E-state index contributed by atoms with van der Waals surface area (Å²) >= 11 is 1.53. The smallest absolute Gasteiger partial charge is 0.265 e. The summed E-state index contributed by atoms with van der Waals surface area (Å²) in [5, 5.41) is 4.16. The maximum Gasteiger partial charge on any atom is 0.265 e. The Morgan fingerprint density at radius 2 is 2.00 bits per heavy atom. The number of carbonyl (C=O) groups excluding carboxylic acids is 1. The fourth-order valence-electron chi connectivity index (χ4n) is 2.96. The predicted molar refractivity (Wildman–Crippen MR) is 95.0 cm³/mol. The number of nitrogens with one attached hydrogen (secondary N) is 1. The largest absolute Gasteiger partial charge is 0.351 e. The van der Waals surface area contributed by atoms with Crippen LogP contribution in [0.4, 0.5) is 5.69 Å². The second-order valence-corrected chi connectivity index (χ2v) is 7.33. The van der Waals surface area contributed by atoms with Gasteiger partial charge in [0.15, 0.2) is 0 Å². The molecular weight excluding hydrogens is 306 g/mol. The topological polar surface area (TPSA) is 45.2 Å². The second-order valence-electron chi connectivity index (χ2n) is 6.27. The molecule has 0 bridgehead atoms. The Balaban J connectivity index is 1.92. The molecule has 1 aliphatic rings. The first-order valence-corrected chi connectivity index (χ1v) is 8.33. The van der Waals surface area contributed by atoms with Gasteiger partial charge in [0, 0.05) is 29.1 Å². The minimum absolute atomic E-state index is 0.00212. The molecule has 0 radical (unpaired) electrons. The molecule has 0 spiro atoms. The number of anilines is 1. The van der Waals surface area contributed by atoms with Crippen molar-refractivity contribution in [3.63, 3.8) is 0 Å². The molecule has 1 N–H and O–H groups in total. The van der Waals surface area contributed by atoms with Gasteiger partial charge in [0.1, 0.15) is 10.5 Å². The number of fused-ring (bicyclic) bond motifs is 2. The average Bonchev–Trinajstić information content (AvgIpc) is 2.97. The van der Waals surface area contributed by atoms with E-state index >= 15 is 0 Å². The summed E-state index contributed by atoms with van der Waals surface area (Å²) in [7, 11) is 2.01. The van der Waals surface area contributed by atoms with Gasteiger partial charge in [0.25, 0.3) is 5.91 Å². The predicted octanol–water partition coefficient (Wildman–Crippen LogP) is 3.88. The van der Waals surface area contributed by atoms with Crippen molar-refractivity contribution in [2.45, 2.75) is 19.5 Å². The van der Waals surface area contributed by atoms with Crippen LogP contribution in [0.2, 0.25) is 0 Å². The van der Waals surface area contributed by atoms with Gasteiger partial charge in [-0.25, -0.2) is 0 Å². The molecular formula is C18H17N3OS. The van der Waals surface area contributed by atoms with Crippen LogP contribution >= 0.6 is 11.3 Å². The highest BCUT2D eigenvalue weighted by Gasteiger charge is 2.36. The van der Waals surface area contributed by atoms with Crippen molar-refractivity contribution in [2.24, 2.45) is 0 Å². The van der Waals surface area contributed by atoms with Crippen LogP contribution in [-0.4, -0.2) is 23.6 Å². The number of hydrogen-bond donors (Lipinski definition) is 1. The molecule has 23 heavy (non-hydrogen) atoms. The lowest BCUT2D eigenvalue weighted by atomic mass is 10.1. The normalized spacial score (nSPS) is 16.3. The average molecular weight is 323 g/mol. The third-order valence-electron chi connectivity index (χ3n) is 4.45. The number of hydrogen-bond acceptors (Lipinski definition) is 4. The summed E-state index contributed by atoms with van der Waals surface area (Å²) in [5.41, 5.74) is 2.69. The molecule has 5 heteroatoms. The lowest BCUT2D eigenvalue weighted by Crippen LogP contribution is -2.58. The number of thiophene rings is 1. The van der Waals surface area contributed by atoms with Gasteiger partial charge in [-0.15, -0.1) is 11.3 Å². The molecule has 3 aromatic rings. The van der Waals surface area contributed by atoms with Gasteiger partial charge in [-0.05, 0) is 32.0 Å². The van der Waals surface area contributed by atoms with E-state index in [1.54, 1.807) is 0 Å². The number of para-hydroxylation sites is 1. The number of amides is 1. The van der Waals surface area contributed by atoms with Crippen LogP contribution in [0.5, 0.6) is 0 Å². The summed E-state index contributed by atoms with van der Waals surface area (Å²) in [6, 6.07) is 12.2. The quantitative estimate of drug-likeness (QED) is 0.739. The Morgan fingerprint density at radius 3 is 2.83 bits per heavy atom. The van der Waals surface area contributed by atoms with Gasteiger partial charge in [-0.2, -0.15) is 0 Å². The van der Waals surface area contributed by atoms with Crippen LogP contribution in [0.3, 0.4) is 0 Å². The Kier molecular flexibility index (Phi) is 2.96. The van der Waals surface area contributed by atoms with E-state index in [1.165, 1.54) is 11.3 Å². The van der Waals surface area contributed by atoms with Crippen molar-refractivity contribution in [3.8, 4) is 10.4 Å². The second kappa shape index (κ2) is 4.80. The summed E-state index contributed by atoms with van der Waals surface area (Å²) in [6.07, 6.45) is 1.82. The molecule has 0 saturated carbocycles. The Morgan fingerprint density at radius 1 is 1.22 bits per heavy atom. The van der Waals surface area contributed by atoms with Crippen LogP contribution in [0.1, 0.15) is 23.5 Å². The fraction of sp³-hybridized carbons (Fsp3) is 0.222. The first-order chi connectivity index (χ1) is 11.0. The number of pyridine rings is 1. The van der Waals surface area contributed by atoms with Crippen LogP contribution in [-0.2, 0) is 0 Å². The highest BCUT2D eigenvalue weighted by atomic mass is 32.1. The first kappa shape index (κ1) is 14.2.